The summed E-state index contributed by atoms with van der Waals surface area (Å²) in [6, 6.07) is 0. The number of aliphatic hydroxyl groups excluding tert-OH is 1. The van der Waals surface area contributed by atoms with Gasteiger partial charge in [-0.15, -0.1) is 0 Å². The molecule has 0 radical (unpaired) electrons. The highest BCUT2D eigenvalue weighted by Crippen LogP contribution is 2.65. The maximum absolute atomic E-state index is 12.9. The van der Waals surface area contributed by atoms with E-state index in [0.717, 1.165) is 50.5 Å². The summed E-state index contributed by atoms with van der Waals surface area (Å²) in [5.74, 6) is 2.32. The van der Waals surface area contributed by atoms with Gasteiger partial charge in [0.1, 0.15) is 0 Å². The lowest BCUT2D eigenvalue weighted by atomic mass is 9.44. The lowest BCUT2D eigenvalue weighted by Crippen LogP contribution is -2.57. The van der Waals surface area contributed by atoms with Crippen LogP contribution < -0.4 is 5.32 Å². The molecular weight excluding hydrogens is 262 g/mol. The molecule has 4 rings (SSSR count). The molecule has 4 aliphatic carbocycles. The molecule has 3 heteroatoms. The van der Waals surface area contributed by atoms with Crippen LogP contribution in [-0.4, -0.2) is 24.2 Å². The largest absolute Gasteiger partial charge is 0.396 e. The molecule has 4 fully saturated rings. The summed E-state index contributed by atoms with van der Waals surface area (Å²) in [6.07, 6.45) is 9.25. The van der Waals surface area contributed by atoms with Crippen LogP contribution in [0.4, 0.5) is 0 Å². The van der Waals surface area contributed by atoms with Crippen molar-refractivity contribution in [2.24, 2.45) is 28.6 Å². The van der Waals surface area contributed by atoms with Crippen LogP contribution in [0.3, 0.4) is 0 Å². The fraction of sp³-hybridized carbons (Fsp3) is 0.944. The van der Waals surface area contributed by atoms with Crippen LogP contribution in [0, 0.1) is 28.6 Å². The van der Waals surface area contributed by atoms with Gasteiger partial charge in [-0.05, 0) is 68.1 Å². The van der Waals surface area contributed by atoms with E-state index in [2.05, 4.69) is 19.2 Å². The highest BCUT2D eigenvalue weighted by molar-refractivity contribution is 5.83. The summed E-state index contributed by atoms with van der Waals surface area (Å²) in [5, 5.41) is 12.3. The maximum atomic E-state index is 12.9. The minimum absolute atomic E-state index is 0.0592. The van der Waals surface area contributed by atoms with Gasteiger partial charge < -0.3 is 10.4 Å². The molecule has 0 saturated heterocycles. The molecule has 3 nitrogen and oxygen atoms in total. The normalized spacial score (nSPS) is 42.0. The molecule has 0 aromatic rings. The molecule has 2 N–H and O–H groups in total. The Kier molecular flexibility index (Phi) is 4.06. The average Bonchev–Trinajstić information content (AvgIpc) is 2.40. The number of amides is 1. The highest BCUT2D eigenvalue weighted by Gasteiger charge is 2.58. The van der Waals surface area contributed by atoms with Crippen molar-refractivity contribution in [3.05, 3.63) is 0 Å². The molecule has 0 aromatic carbocycles. The van der Waals surface area contributed by atoms with Crippen molar-refractivity contribution in [3.63, 3.8) is 0 Å². The molecule has 4 bridgehead atoms. The maximum Gasteiger partial charge on any atom is 0.226 e. The van der Waals surface area contributed by atoms with E-state index >= 15 is 0 Å². The third-order valence-electron chi connectivity index (χ3n) is 6.50. The number of rotatable bonds is 6. The minimum Gasteiger partial charge on any atom is -0.396 e. The van der Waals surface area contributed by atoms with Crippen molar-refractivity contribution >= 4 is 5.91 Å². The number of nitrogens with one attached hydrogen (secondary N) is 1. The average molecular weight is 293 g/mol. The van der Waals surface area contributed by atoms with Crippen molar-refractivity contribution in [1.29, 1.82) is 0 Å². The topological polar surface area (TPSA) is 49.3 Å². The third kappa shape index (κ3) is 2.86. The number of aliphatic hydroxyl groups is 1. The Bertz CT molecular complexity index is 392. The van der Waals surface area contributed by atoms with Crippen molar-refractivity contribution in [2.45, 2.75) is 65.2 Å². The molecule has 4 saturated carbocycles. The first kappa shape index (κ1) is 15.3. The van der Waals surface area contributed by atoms with Gasteiger partial charge in [-0.2, -0.15) is 0 Å². The van der Waals surface area contributed by atoms with Crippen LogP contribution >= 0.6 is 0 Å². The van der Waals surface area contributed by atoms with Crippen LogP contribution in [-0.2, 0) is 4.79 Å². The van der Waals surface area contributed by atoms with E-state index in [1.807, 2.05) is 0 Å². The third-order valence-corrected chi connectivity index (χ3v) is 6.50. The summed E-state index contributed by atoms with van der Waals surface area (Å²) < 4.78 is 0. The van der Waals surface area contributed by atoms with Gasteiger partial charge in [0.15, 0.2) is 0 Å². The lowest BCUT2D eigenvalue weighted by molar-refractivity contribution is -0.155. The van der Waals surface area contributed by atoms with Crippen molar-refractivity contribution in [1.82, 2.24) is 5.32 Å². The Morgan fingerprint density at radius 2 is 1.95 bits per heavy atom. The molecule has 3 atom stereocenters. The Morgan fingerprint density at radius 1 is 1.29 bits per heavy atom. The highest BCUT2D eigenvalue weighted by atomic mass is 16.3. The van der Waals surface area contributed by atoms with Crippen molar-refractivity contribution in [2.75, 3.05) is 13.2 Å². The summed E-state index contributed by atoms with van der Waals surface area (Å²) >= 11 is 0. The van der Waals surface area contributed by atoms with Gasteiger partial charge in [0.2, 0.25) is 5.91 Å². The zero-order chi connectivity index (χ0) is 15.1. The monoisotopic (exact) mass is 293 g/mol. The first-order valence-corrected chi connectivity index (χ1v) is 8.88. The quantitative estimate of drug-likeness (QED) is 0.790. The van der Waals surface area contributed by atoms with E-state index in [0.29, 0.717) is 17.2 Å². The fourth-order valence-corrected chi connectivity index (χ4v) is 6.04. The fourth-order valence-electron chi connectivity index (χ4n) is 6.04. The SMILES string of the molecule is CCC(CCO)CNC(=O)C12CC3CC(CC(C)(C3)C1)C2. The Balaban J connectivity index is 1.64. The smallest absolute Gasteiger partial charge is 0.226 e. The number of hydrogen-bond acceptors (Lipinski definition) is 2. The Morgan fingerprint density at radius 3 is 2.48 bits per heavy atom. The van der Waals surface area contributed by atoms with Crippen LogP contribution in [0.25, 0.3) is 0 Å². The van der Waals surface area contributed by atoms with Gasteiger partial charge in [0, 0.05) is 13.2 Å². The molecule has 3 unspecified atom stereocenters. The molecule has 0 heterocycles. The predicted octanol–water partition coefficient (Wildman–Crippen LogP) is 3.12. The van der Waals surface area contributed by atoms with Crippen molar-refractivity contribution < 1.29 is 9.90 Å². The first-order chi connectivity index (χ1) is 9.98. The number of carbonyl (C=O) groups is 1. The standard InChI is InChI=1S/C18H31NO2/c1-3-13(4-5-20)11-19-16(21)18-9-14-6-15(10-18)8-17(2,7-14)12-18/h13-15,20H,3-12H2,1-2H3,(H,19,21). The molecule has 21 heavy (non-hydrogen) atoms. The van der Waals surface area contributed by atoms with Crippen LogP contribution in [0.15, 0.2) is 0 Å². The number of carbonyl (C=O) groups excluding carboxylic acids is 1. The van der Waals surface area contributed by atoms with E-state index in [9.17, 15) is 4.79 Å². The van der Waals surface area contributed by atoms with Crippen LogP contribution in [0.5, 0.6) is 0 Å². The van der Waals surface area contributed by atoms with E-state index < -0.39 is 0 Å². The van der Waals surface area contributed by atoms with E-state index in [4.69, 9.17) is 5.11 Å². The minimum atomic E-state index is -0.0592. The van der Waals surface area contributed by atoms with Crippen molar-refractivity contribution in [3.8, 4) is 0 Å². The summed E-state index contributed by atoms with van der Waals surface area (Å²) in [6.45, 7) is 5.51. The van der Waals surface area contributed by atoms with E-state index in [1.165, 1.54) is 19.3 Å². The Hall–Kier alpha value is -0.570. The Labute approximate surface area is 128 Å². The summed E-state index contributed by atoms with van der Waals surface area (Å²) in [5.41, 5.74) is 0.368. The second-order valence-corrected chi connectivity index (χ2v) is 8.55. The first-order valence-electron chi connectivity index (χ1n) is 8.88. The van der Waals surface area contributed by atoms with E-state index in [-0.39, 0.29) is 12.0 Å². The van der Waals surface area contributed by atoms with Gasteiger partial charge in [-0.3, -0.25) is 4.79 Å². The summed E-state index contributed by atoms with van der Waals surface area (Å²) in [7, 11) is 0. The zero-order valence-electron chi connectivity index (χ0n) is 13.7. The van der Waals surface area contributed by atoms with Gasteiger partial charge in [0.05, 0.1) is 5.41 Å². The summed E-state index contributed by atoms with van der Waals surface area (Å²) in [4.78, 5) is 12.9. The second kappa shape index (κ2) is 5.57. The second-order valence-electron chi connectivity index (χ2n) is 8.55. The number of hydrogen-bond donors (Lipinski definition) is 2. The van der Waals surface area contributed by atoms with Gasteiger partial charge >= 0.3 is 0 Å². The van der Waals surface area contributed by atoms with Crippen LogP contribution in [0.2, 0.25) is 0 Å². The molecule has 1 amide bonds. The molecule has 120 valence electrons. The molecule has 0 spiro atoms. The zero-order valence-corrected chi connectivity index (χ0v) is 13.7. The van der Waals surface area contributed by atoms with Crippen LogP contribution in [0.1, 0.15) is 65.2 Å². The molecular formula is C18H31NO2. The van der Waals surface area contributed by atoms with Gasteiger partial charge in [0.25, 0.3) is 0 Å². The van der Waals surface area contributed by atoms with E-state index in [1.54, 1.807) is 0 Å². The molecule has 4 aliphatic rings. The predicted molar refractivity (Wildman–Crippen MR) is 83.7 cm³/mol. The van der Waals surface area contributed by atoms with Gasteiger partial charge in [-0.25, -0.2) is 0 Å². The molecule has 0 aromatic heterocycles. The lowest BCUT2D eigenvalue weighted by Gasteiger charge is -2.60. The van der Waals surface area contributed by atoms with Gasteiger partial charge in [-0.1, -0.05) is 20.3 Å². The molecule has 0 aliphatic heterocycles.